The van der Waals surface area contributed by atoms with Crippen molar-refractivity contribution in [3.05, 3.63) is 46.5 Å². The number of benzene rings is 1. The fourth-order valence-corrected chi connectivity index (χ4v) is 3.22. The zero-order valence-electron chi connectivity index (χ0n) is 12.7. The van der Waals surface area contributed by atoms with Crippen molar-refractivity contribution in [1.82, 2.24) is 4.90 Å². The summed E-state index contributed by atoms with van der Waals surface area (Å²) in [5.41, 5.74) is 4.59. The number of carbonyl (C=O) groups excluding carboxylic acids is 1. The van der Waals surface area contributed by atoms with Crippen LogP contribution in [0.15, 0.2) is 24.3 Å². The van der Waals surface area contributed by atoms with Crippen LogP contribution < -0.4 is 0 Å². The fraction of sp³-hybridized carbons (Fsp3) is 0.471. The molecule has 20 heavy (non-hydrogen) atoms. The van der Waals surface area contributed by atoms with Gasteiger partial charge in [0.05, 0.1) is 12.1 Å². The van der Waals surface area contributed by atoms with Gasteiger partial charge in [0.25, 0.3) is 0 Å². The SMILES string of the molecule is Cc1ccc(C)c2c1C1C=CC2N1C(=O)OC(C)(C)C. The number of hydrogen-bond acceptors (Lipinski definition) is 2. The highest BCUT2D eigenvalue weighted by Crippen LogP contribution is 2.51. The molecule has 2 heterocycles. The second kappa shape index (κ2) is 4.11. The van der Waals surface area contributed by atoms with Crippen molar-refractivity contribution in [2.75, 3.05) is 0 Å². The smallest absolute Gasteiger partial charge is 0.411 e. The number of ether oxygens (including phenoxy) is 1. The van der Waals surface area contributed by atoms with E-state index in [-0.39, 0.29) is 18.2 Å². The maximum absolute atomic E-state index is 12.5. The van der Waals surface area contributed by atoms with Crippen LogP contribution in [-0.2, 0) is 4.74 Å². The van der Waals surface area contributed by atoms with Crippen molar-refractivity contribution < 1.29 is 9.53 Å². The summed E-state index contributed by atoms with van der Waals surface area (Å²) >= 11 is 0. The lowest BCUT2D eigenvalue weighted by atomic mass is 9.90. The topological polar surface area (TPSA) is 29.5 Å². The number of carbonyl (C=O) groups is 1. The Hall–Kier alpha value is -1.77. The number of nitrogens with zero attached hydrogens (tertiary/aromatic N) is 1. The monoisotopic (exact) mass is 271 g/mol. The molecule has 2 atom stereocenters. The molecule has 3 rings (SSSR count). The quantitative estimate of drug-likeness (QED) is 0.662. The Morgan fingerprint density at radius 2 is 1.50 bits per heavy atom. The zero-order valence-corrected chi connectivity index (χ0v) is 12.7. The van der Waals surface area contributed by atoms with E-state index in [9.17, 15) is 4.79 Å². The molecule has 3 nitrogen and oxygen atoms in total. The van der Waals surface area contributed by atoms with Crippen LogP contribution in [0.1, 0.15) is 55.1 Å². The van der Waals surface area contributed by atoms with Crippen molar-refractivity contribution in [2.45, 2.75) is 52.3 Å². The Bertz CT molecular complexity index is 571. The summed E-state index contributed by atoms with van der Waals surface area (Å²) in [6.07, 6.45) is 4.00. The first-order valence-electron chi connectivity index (χ1n) is 7.09. The second-order valence-corrected chi connectivity index (χ2v) is 6.69. The number of amides is 1. The maximum atomic E-state index is 12.5. The van der Waals surface area contributed by atoms with Gasteiger partial charge in [-0.25, -0.2) is 4.79 Å². The zero-order chi connectivity index (χ0) is 14.7. The molecule has 0 N–H and O–H groups in total. The average molecular weight is 271 g/mol. The molecule has 0 fully saturated rings. The van der Waals surface area contributed by atoms with Gasteiger partial charge in [-0.15, -0.1) is 0 Å². The summed E-state index contributed by atoms with van der Waals surface area (Å²) in [5, 5.41) is 0. The molecule has 1 amide bonds. The van der Waals surface area contributed by atoms with Crippen molar-refractivity contribution in [1.29, 1.82) is 0 Å². The van der Waals surface area contributed by atoms with Crippen molar-refractivity contribution in [3.63, 3.8) is 0 Å². The molecule has 3 heteroatoms. The third-order valence-electron chi connectivity index (χ3n) is 3.99. The molecule has 106 valence electrons. The minimum absolute atomic E-state index is 0.0322. The predicted octanol–water partition coefficient (Wildman–Crippen LogP) is 4.21. The highest BCUT2D eigenvalue weighted by molar-refractivity contribution is 5.74. The molecular weight excluding hydrogens is 250 g/mol. The minimum Gasteiger partial charge on any atom is -0.444 e. The lowest BCUT2D eigenvalue weighted by molar-refractivity contribution is 0.0196. The van der Waals surface area contributed by atoms with Crippen LogP contribution in [-0.4, -0.2) is 16.6 Å². The largest absolute Gasteiger partial charge is 0.444 e. The molecule has 0 spiro atoms. The first-order chi connectivity index (χ1) is 9.29. The fourth-order valence-electron chi connectivity index (χ4n) is 3.22. The molecule has 0 aromatic heterocycles. The van der Waals surface area contributed by atoms with E-state index in [0.29, 0.717) is 0 Å². The average Bonchev–Trinajstić information content (AvgIpc) is 2.87. The molecule has 1 aromatic carbocycles. The molecule has 0 saturated carbocycles. The summed E-state index contributed by atoms with van der Waals surface area (Å²) in [5.74, 6) is 0. The molecule has 2 aliphatic rings. The van der Waals surface area contributed by atoms with E-state index < -0.39 is 5.60 Å². The Morgan fingerprint density at radius 1 is 1.05 bits per heavy atom. The Labute approximate surface area is 120 Å². The molecule has 0 aliphatic carbocycles. The molecule has 1 aromatic rings. The van der Waals surface area contributed by atoms with Gasteiger partial charge in [0.1, 0.15) is 5.60 Å². The van der Waals surface area contributed by atoms with Crippen LogP contribution in [0.2, 0.25) is 0 Å². The second-order valence-electron chi connectivity index (χ2n) is 6.69. The van der Waals surface area contributed by atoms with E-state index in [2.05, 4.69) is 38.1 Å². The van der Waals surface area contributed by atoms with Crippen LogP contribution in [0.25, 0.3) is 0 Å². The van der Waals surface area contributed by atoms with Crippen LogP contribution in [0.4, 0.5) is 4.79 Å². The van der Waals surface area contributed by atoms with E-state index in [1.54, 1.807) is 0 Å². The third kappa shape index (κ3) is 1.84. The molecule has 0 radical (unpaired) electrons. The van der Waals surface area contributed by atoms with Crippen molar-refractivity contribution in [3.8, 4) is 0 Å². The number of hydrogen-bond donors (Lipinski definition) is 0. The van der Waals surface area contributed by atoms with Gasteiger partial charge >= 0.3 is 6.09 Å². The normalized spacial score (nSPS) is 23.1. The van der Waals surface area contributed by atoms with Crippen LogP contribution in [0.5, 0.6) is 0 Å². The number of rotatable bonds is 0. The van der Waals surface area contributed by atoms with Gasteiger partial charge < -0.3 is 4.74 Å². The van der Waals surface area contributed by atoms with Crippen molar-refractivity contribution in [2.24, 2.45) is 0 Å². The van der Waals surface area contributed by atoms with Crippen LogP contribution >= 0.6 is 0 Å². The minimum atomic E-state index is -0.463. The third-order valence-corrected chi connectivity index (χ3v) is 3.99. The number of fused-ring (bicyclic) bond motifs is 5. The highest BCUT2D eigenvalue weighted by atomic mass is 16.6. The van der Waals surface area contributed by atoms with E-state index in [0.717, 1.165) is 0 Å². The molecule has 2 bridgehead atoms. The van der Waals surface area contributed by atoms with Crippen molar-refractivity contribution >= 4 is 6.09 Å². The summed E-state index contributed by atoms with van der Waals surface area (Å²) in [6, 6.07) is 4.33. The standard InChI is InChI=1S/C17H21NO2/c1-10-6-7-11(2)15-13-9-8-12(14(10)15)18(13)16(19)20-17(3,4)5/h6-9,12-13H,1-5H3. The van der Waals surface area contributed by atoms with Gasteiger partial charge in [0.2, 0.25) is 0 Å². The summed E-state index contributed by atoms with van der Waals surface area (Å²) in [7, 11) is 0. The molecule has 2 unspecified atom stereocenters. The predicted molar refractivity (Wildman–Crippen MR) is 78.6 cm³/mol. The maximum Gasteiger partial charge on any atom is 0.411 e. The first-order valence-corrected chi connectivity index (χ1v) is 7.09. The number of aryl methyl sites for hydroxylation is 2. The Balaban J connectivity index is 1.99. The van der Waals surface area contributed by atoms with Gasteiger partial charge in [0, 0.05) is 0 Å². The highest BCUT2D eigenvalue weighted by Gasteiger charge is 2.45. The van der Waals surface area contributed by atoms with E-state index in [1.165, 1.54) is 22.3 Å². The molecule has 0 saturated heterocycles. The van der Waals surface area contributed by atoms with E-state index >= 15 is 0 Å². The molecule has 2 aliphatic heterocycles. The Kier molecular flexibility index (Phi) is 2.72. The first kappa shape index (κ1) is 13.2. The van der Waals surface area contributed by atoms with Gasteiger partial charge in [0.15, 0.2) is 0 Å². The Morgan fingerprint density at radius 3 is 1.90 bits per heavy atom. The molecular formula is C17H21NO2. The van der Waals surface area contributed by atoms with Crippen LogP contribution in [0.3, 0.4) is 0 Å². The van der Waals surface area contributed by atoms with Gasteiger partial charge in [-0.1, -0.05) is 24.3 Å². The van der Waals surface area contributed by atoms with E-state index in [4.69, 9.17) is 4.74 Å². The summed E-state index contributed by atoms with van der Waals surface area (Å²) < 4.78 is 5.56. The van der Waals surface area contributed by atoms with Gasteiger partial charge in [-0.3, -0.25) is 4.90 Å². The summed E-state index contributed by atoms with van der Waals surface area (Å²) in [6.45, 7) is 9.93. The summed E-state index contributed by atoms with van der Waals surface area (Å²) in [4.78, 5) is 14.3. The van der Waals surface area contributed by atoms with Crippen LogP contribution in [0, 0.1) is 13.8 Å². The lowest BCUT2D eigenvalue weighted by Gasteiger charge is -2.27. The van der Waals surface area contributed by atoms with E-state index in [1.807, 2.05) is 25.7 Å². The lowest BCUT2D eigenvalue weighted by Crippen LogP contribution is -2.35. The van der Waals surface area contributed by atoms with Gasteiger partial charge in [-0.05, 0) is 56.9 Å². The van der Waals surface area contributed by atoms with Gasteiger partial charge in [-0.2, -0.15) is 0 Å².